The molecule has 116 valence electrons. The van der Waals surface area contributed by atoms with Crippen LogP contribution in [0.5, 0.6) is 0 Å². The molecule has 0 aromatic heterocycles. The van der Waals surface area contributed by atoms with Crippen LogP contribution in [-0.2, 0) is 6.54 Å². The number of rotatable bonds is 3. The number of piperazine rings is 1. The van der Waals surface area contributed by atoms with Crippen LogP contribution in [-0.4, -0.2) is 30.1 Å². The average molecular weight is 290 g/mol. The zero-order valence-corrected chi connectivity index (χ0v) is 13.0. The maximum absolute atomic E-state index is 13.4. The highest BCUT2D eigenvalue weighted by Gasteiger charge is 2.32. The molecule has 1 aliphatic carbocycles. The molecule has 0 spiro atoms. The first-order valence-electron chi connectivity index (χ1n) is 8.44. The van der Waals surface area contributed by atoms with E-state index in [2.05, 4.69) is 17.1 Å². The summed E-state index contributed by atoms with van der Waals surface area (Å²) in [4.78, 5) is 2.59. The van der Waals surface area contributed by atoms with Crippen LogP contribution in [0.15, 0.2) is 24.3 Å². The Labute approximate surface area is 127 Å². The molecule has 2 fully saturated rings. The molecule has 21 heavy (non-hydrogen) atoms. The van der Waals surface area contributed by atoms with E-state index < -0.39 is 0 Å². The first-order chi connectivity index (χ1) is 10.2. The summed E-state index contributed by atoms with van der Waals surface area (Å²) >= 11 is 0. The number of hydrogen-bond acceptors (Lipinski definition) is 2. The highest BCUT2D eigenvalue weighted by molar-refractivity contribution is 5.16. The van der Waals surface area contributed by atoms with Crippen molar-refractivity contribution in [2.24, 2.45) is 5.92 Å². The molecule has 1 aromatic rings. The van der Waals surface area contributed by atoms with Gasteiger partial charge in [0.2, 0.25) is 0 Å². The van der Waals surface area contributed by atoms with Crippen molar-refractivity contribution in [1.29, 1.82) is 0 Å². The minimum Gasteiger partial charge on any atom is -0.311 e. The van der Waals surface area contributed by atoms with Gasteiger partial charge in [0.1, 0.15) is 5.82 Å². The molecule has 1 saturated carbocycles. The van der Waals surface area contributed by atoms with E-state index in [4.69, 9.17) is 0 Å². The van der Waals surface area contributed by atoms with Gasteiger partial charge in [-0.3, -0.25) is 4.90 Å². The van der Waals surface area contributed by atoms with Gasteiger partial charge in [0.25, 0.3) is 0 Å². The predicted octanol–water partition coefficient (Wildman–Crippen LogP) is 3.57. The van der Waals surface area contributed by atoms with Crippen LogP contribution in [0.3, 0.4) is 0 Å². The Bertz CT molecular complexity index is 456. The van der Waals surface area contributed by atoms with Gasteiger partial charge in [0, 0.05) is 31.7 Å². The Hall–Kier alpha value is -0.930. The van der Waals surface area contributed by atoms with Crippen LogP contribution >= 0.6 is 0 Å². The lowest BCUT2D eigenvalue weighted by molar-refractivity contribution is 0.0688. The Kier molecular flexibility index (Phi) is 4.91. The molecule has 1 heterocycles. The van der Waals surface area contributed by atoms with E-state index in [1.807, 2.05) is 12.1 Å². The summed E-state index contributed by atoms with van der Waals surface area (Å²) in [6.07, 6.45) is 6.88. The summed E-state index contributed by atoms with van der Waals surface area (Å²) in [7, 11) is 0. The molecule has 2 nitrogen and oxygen atoms in total. The topological polar surface area (TPSA) is 15.3 Å². The number of nitrogens with zero attached hydrogens (tertiary/aromatic N) is 1. The van der Waals surface area contributed by atoms with E-state index in [-0.39, 0.29) is 5.82 Å². The van der Waals surface area contributed by atoms with E-state index in [9.17, 15) is 4.39 Å². The van der Waals surface area contributed by atoms with Crippen molar-refractivity contribution in [2.75, 3.05) is 13.1 Å². The third kappa shape index (κ3) is 3.83. The lowest BCUT2D eigenvalue weighted by Crippen LogP contribution is -2.57. The number of halogens is 1. The molecule has 3 heteroatoms. The summed E-state index contributed by atoms with van der Waals surface area (Å²) in [5.41, 5.74) is 1.10. The fourth-order valence-electron chi connectivity index (χ4n) is 4.04. The Balaban J connectivity index is 1.71. The Morgan fingerprint density at radius 2 is 2.05 bits per heavy atom. The summed E-state index contributed by atoms with van der Waals surface area (Å²) in [6, 6.07) is 8.23. The van der Waals surface area contributed by atoms with Gasteiger partial charge in [-0.05, 0) is 43.4 Å². The first kappa shape index (κ1) is 15.0. The molecule has 3 rings (SSSR count). The van der Waals surface area contributed by atoms with Crippen LogP contribution in [0.25, 0.3) is 0 Å². The Morgan fingerprint density at radius 1 is 1.24 bits per heavy atom. The van der Waals surface area contributed by atoms with E-state index in [1.54, 1.807) is 6.07 Å². The van der Waals surface area contributed by atoms with Gasteiger partial charge in [-0.2, -0.15) is 0 Å². The molecule has 2 aliphatic rings. The van der Waals surface area contributed by atoms with Crippen LogP contribution < -0.4 is 5.32 Å². The second-order valence-electron chi connectivity index (χ2n) is 6.83. The van der Waals surface area contributed by atoms with Crippen LogP contribution in [0.1, 0.15) is 44.6 Å². The molecule has 1 saturated heterocycles. The van der Waals surface area contributed by atoms with Gasteiger partial charge < -0.3 is 5.32 Å². The first-order valence-corrected chi connectivity index (χ1v) is 8.44. The highest BCUT2D eigenvalue weighted by atomic mass is 19.1. The summed E-state index contributed by atoms with van der Waals surface area (Å²) in [6.45, 7) is 5.28. The van der Waals surface area contributed by atoms with Gasteiger partial charge in [-0.25, -0.2) is 4.39 Å². The van der Waals surface area contributed by atoms with Crippen molar-refractivity contribution in [3.8, 4) is 0 Å². The number of benzene rings is 1. The average Bonchev–Trinajstić information content (AvgIpc) is 2.48. The van der Waals surface area contributed by atoms with Gasteiger partial charge in [-0.1, -0.05) is 31.4 Å². The van der Waals surface area contributed by atoms with Crippen LogP contribution in [0.4, 0.5) is 4.39 Å². The lowest BCUT2D eigenvalue weighted by Gasteiger charge is -2.44. The largest absolute Gasteiger partial charge is 0.311 e. The third-order valence-corrected chi connectivity index (χ3v) is 5.12. The SMILES string of the molecule is CC1CN(Cc2cccc(F)c2)C(C2CCCCC2)CN1. The van der Waals surface area contributed by atoms with E-state index >= 15 is 0 Å². The smallest absolute Gasteiger partial charge is 0.123 e. The molecule has 1 aromatic carbocycles. The monoisotopic (exact) mass is 290 g/mol. The van der Waals surface area contributed by atoms with Gasteiger partial charge in [0.05, 0.1) is 0 Å². The van der Waals surface area contributed by atoms with Crippen molar-refractivity contribution in [1.82, 2.24) is 10.2 Å². The molecule has 1 N–H and O–H groups in total. The summed E-state index contributed by atoms with van der Waals surface area (Å²) < 4.78 is 13.4. The van der Waals surface area contributed by atoms with Crippen LogP contribution in [0.2, 0.25) is 0 Å². The maximum atomic E-state index is 13.4. The van der Waals surface area contributed by atoms with E-state index in [0.717, 1.165) is 31.1 Å². The summed E-state index contributed by atoms with van der Waals surface area (Å²) in [5.74, 6) is 0.692. The molecule has 1 aliphatic heterocycles. The molecular formula is C18H27FN2. The van der Waals surface area contributed by atoms with E-state index in [0.29, 0.717) is 12.1 Å². The van der Waals surface area contributed by atoms with Crippen molar-refractivity contribution in [3.05, 3.63) is 35.6 Å². The normalized spacial score (nSPS) is 28.7. The zero-order valence-electron chi connectivity index (χ0n) is 13.0. The fraction of sp³-hybridized carbons (Fsp3) is 0.667. The predicted molar refractivity (Wildman–Crippen MR) is 84.6 cm³/mol. The Morgan fingerprint density at radius 3 is 2.81 bits per heavy atom. The number of hydrogen-bond donors (Lipinski definition) is 1. The molecule has 0 amide bonds. The van der Waals surface area contributed by atoms with Crippen molar-refractivity contribution in [3.63, 3.8) is 0 Å². The molecule has 0 radical (unpaired) electrons. The zero-order chi connectivity index (χ0) is 14.7. The van der Waals surface area contributed by atoms with Gasteiger partial charge in [0.15, 0.2) is 0 Å². The highest BCUT2D eigenvalue weighted by Crippen LogP contribution is 2.31. The van der Waals surface area contributed by atoms with Crippen molar-refractivity contribution in [2.45, 2.75) is 57.7 Å². The van der Waals surface area contributed by atoms with E-state index in [1.165, 1.54) is 38.2 Å². The summed E-state index contributed by atoms with van der Waals surface area (Å²) in [5, 5.41) is 3.64. The van der Waals surface area contributed by atoms with Gasteiger partial charge in [-0.15, -0.1) is 0 Å². The minimum absolute atomic E-state index is 0.120. The lowest BCUT2D eigenvalue weighted by atomic mass is 9.82. The van der Waals surface area contributed by atoms with Crippen molar-refractivity contribution < 1.29 is 4.39 Å². The quantitative estimate of drug-likeness (QED) is 0.915. The second kappa shape index (κ2) is 6.89. The molecule has 2 atom stereocenters. The van der Waals surface area contributed by atoms with Crippen LogP contribution in [0, 0.1) is 11.7 Å². The maximum Gasteiger partial charge on any atom is 0.123 e. The fourth-order valence-corrected chi connectivity index (χ4v) is 4.04. The number of nitrogens with one attached hydrogen (secondary N) is 1. The minimum atomic E-state index is -0.120. The molecular weight excluding hydrogens is 263 g/mol. The standard InChI is InChI=1S/C18H27FN2/c1-14-12-21(13-15-6-5-9-17(19)10-15)18(11-20-14)16-7-3-2-4-8-16/h5-6,9-10,14,16,18,20H,2-4,7-8,11-13H2,1H3. The van der Waals surface area contributed by atoms with Gasteiger partial charge >= 0.3 is 0 Å². The molecule has 2 unspecified atom stereocenters. The third-order valence-electron chi connectivity index (χ3n) is 5.12. The second-order valence-corrected chi connectivity index (χ2v) is 6.83. The molecule has 0 bridgehead atoms. The van der Waals surface area contributed by atoms with Crippen molar-refractivity contribution >= 4 is 0 Å².